The van der Waals surface area contributed by atoms with Gasteiger partial charge >= 0.3 is 0 Å². The Hall–Kier alpha value is -1.13. The lowest BCUT2D eigenvalue weighted by Crippen LogP contribution is -2.52. The van der Waals surface area contributed by atoms with Gasteiger partial charge in [0.15, 0.2) is 9.84 Å². The Labute approximate surface area is 125 Å². The molecule has 112 valence electrons. The maximum Gasteiger partial charge on any atom is 0.156 e. The minimum absolute atomic E-state index is 0.348. The molecule has 21 heavy (non-hydrogen) atoms. The van der Waals surface area contributed by atoms with Gasteiger partial charge in [0.1, 0.15) is 0 Å². The lowest BCUT2D eigenvalue weighted by Gasteiger charge is -2.44. The molecular weight excluding hydrogens is 284 g/mol. The van der Waals surface area contributed by atoms with Gasteiger partial charge in [-0.15, -0.1) is 0 Å². The molecule has 2 saturated heterocycles. The molecule has 0 amide bonds. The number of hydrogen-bond acceptors (Lipinski definition) is 3. The summed E-state index contributed by atoms with van der Waals surface area (Å²) in [4.78, 5) is 0. The van der Waals surface area contributed by atoms with Crippen LogP contribution in [0.5, 0.6) is 0 Å². The molecule has 2 fully saturated rings. The molecule has 0 saturated carbocycles. The summed E-state index contributed by atoms with van der Waals surface area (Å²) in [6.07, 6.45) is 5.99. The highest BCUT2D eigenvalue weighted by atomic mass is 32.2. The quantitative estimate of drug-likeness (QED) is 0.867. The highest BCUT2D eigenvalue weighted by molar-refractivity contribution is 7.92. The van der Waals surface area contributed by atoms with Crippen LogP contribution < -0.4 is 0 Å². The Balaban J connectivity index is 1.68. The van der Waals surface area contributed by atoms with Crippen LogP contribution >= 0.6 is 0 Å². The zero-order valence-electron chi connectivity index (χ0n) is 12.0. The molecule has 2 bridgehead atoms. The first-order valence-corrected chi connectivity index (χ1v) is 9.34. The van der Waals surface area contributed by atoms with E-state index in [0.717, 1.165) is 18.4 Å². The van der Waals surface area contributed by atoms with E-state index in [1.807, 2.05) is 12.1 Å². The fourth-order valence-electron chi connectivity index (χ4n) is 4.29. The topological polar surface area (TPSA) is 54.4 Å². The van der Waals surface area contributed by atoms with Crippen molar-refractivity contribution in [3.8, 4) is 0 Å². The highest BCUT2D eigenvalue weighted by Crippen LogP contribution is 2.46. The molecular formula is C17H20O3S. The summed E-state index contributed by atoms with van der Waals surface area (Å²) >= 11 is 0. The predicted octanol–water partition coefficient (Wildman–Crippen LogP) is 2.49. The van der Waals surface area contributed by atoms with Gasteiger partial charge in [-0.3, -0.25) is 0 Å². The summed E-state index contributed by atoms with van der Waals surface area (Å²) in [6, 6.07) is 8.16. The lowest BCUT2D eigenvalue weighted by molar-refractivity contribution is 0.0443. The van der Waals surface area contributed by atoms with E-state index in [-0.39, 0.29) is 10.5 Å². The van der Waals surface area contributed by atoms with E-state index in [4.69, 9.17) is 0 Å². The molecule has 4 heteroatoms. The first-order chi connectivity index (χ1) is 9.99. The second kappa shape index (κ2) is 4.43. The van der Waals surface area contributed by atoms with Crippen molar-refractivity contribution in [3.05, 3.63) is 41.0 Å². The summed E-state index contributed by atoms with van der Waals surface area (Å²) in [6.45, 7) is 0. The lowest BCUT2D eigenvalue weighted by atomic mass is 9.79. The molecule has 0 spiro atoms. The molecule has 3 nitrogen and oxygen atoms in total. The third kappa shape index (κ3) is 2.00. The minimum Gasteiger partial charge on any atom is -0.385 e. The number of hydrogen-bond donors (Lipinski definition) is 1. The van der Waals surface area contributed by atoms with Crippen LogP contribution in [0.15, 0.2) is 29.8 Å². The predicted molar refractivity (Wildman–Crippen MR) is 82.7 cm³/mol. The third-order valence-corrected chi connectivity index (χ3v) is 8.14. The largest absolute Gasteiger partial charge is 0.385 e. The van der Waals surface area contributed by atoms with Gasteiger partial charge < -0.3 is 5.11 Å². The summed E-state index contributed by atoms with van der Waals surface area (Å²) in [5.74, 6) is 0. The number of sulfone groups is 1. The first-order valence-electron chi connectivity index (χ1n) is 7.73. The molecule has 1 aliphatic carbocycles. The Morgan fingerprint density at radius 2 is 1.76 bits per heavy atom. The molecule has 1 N–H and O–H groups in total. The van der Waals surface area contributed by atoms with Gasteiger partial charge in [-0.25, -0.2) is 8.42 Å². The van der Waals surface area contributed by atoms with Crippen LogP contribution in [0.2, 0.25) is 0 Å². The minimum atomic E-state index is -3.02. The first kappa shape index (κ1) is 13.5. The van der Waals surface area contributed by atoms with Crippen LogP contribution in [0.25, 0.3) is 6.08 Å². The molecule has 2 atom stereocenters. The molecule has 0 radical (unpaired) electrons. The summed E-state index contributed by atoms with van der Waals surface area (Å²) < 4.78 is 24.8. The number of fused-ring (bicyclic) bond motifs is 3. The van der Waals surface area contributed by atoms with E-state index in [1.165, 1.54) is 11.1 Å². The van der Waals surface area contributed by atoms with Crippen molar-refractivity contribution in [2.24, 2.45) is 0 Å². The summed E-state index contributed by atoms with van der Waals surface area (Å²) in [7, 11) is -3.02. The zero-order chi connectivity index (χ0) is 14.7. The van der Waals surface area contributed by atoms with E-state index in [0.29, 0.717) is 25.7 Å². The molecule has 0 aromatic heterocycles. The SMILES string of the molecule is O=S1(=O)C2CCCC1CC(O)(C1=Cc3ccccc3C1)C2. The van der Waals surface area contributed by atoms with Crippen LogP contribution in [-0.4, -0.2) is 29.6 Å². The molecule has 4 rings (SSSR count). The van der Waals surface area contributed by atoms with Gasteiger partial charge in [-0.05, 0) is 48.8 Å². The van der Waals surface area contributed by atoms with Crippen LogP contribution in [0.3, 0.4) is 0 Å². The number of rotatable bonds is 1. The van der Waals surface area contributed by atoms with Gasteiger partial charge in [0.25, 0.3) is 0 Å². The Kier molecular flexibility index (Phi) is 2.86. The average molecular weight is 304 g/mol. The smallest absolute Gasteiger partial charge is 0.156 e. The van der Waals surface area contributed by atoms with Gasteiger partial charge in [0.2, 0.25) is 0 Å². The molecule has 1 aromatic carbocycles. The fraction of sp³-hybridized carbons (Fsp3) is 0.529. The Bertz CT molecular complexity index is 697. The average Bonchev–Trinajstić information content (AvgIpc) is 2.85. The van der Waals surface area contributed by atoms with E-state index < -0.39 is 15.4 Å². The number of benzene rings is 1. The van der Waals surface area contributed by atoms with Crippen LogP contribution in [-0.2, 0) is 16.3 Å². The second-order valence-corrected chi connectivity index (χ2v) is 9.26. The van der Waals surface area contributed by atoms with Crippen molar-refractivity contribution in [1.82, 2.24) is 0 Å². The normalized spacial score (nSPS) is 36.9. The van der Waals surface area contributed by atoms with E-state index in [2.05, 4.69) is 18.2 Å². The zero-order valence-corrected chi connectivity index (χ0v) is 12.8. The summed E-state index contributed by atoms with van der Waals surface area (Å²) in [5.41, 5.74) is 2.48. The highest BCUT2D eigenvalue weighted by Gasteiger charge is 2.51. The molecule has 2 heterocycles. The van der Waals surface area contributed by atoms with Crippen molar-refractivity contribution in [1.29, 1.82) is 0 Å². The van der Waals surface area contributed by atoms with Crippen molar-refractivity contribution in [2.75, 3.05) is 0 Å². The van der Waals surface area contributed by atoms with Gasteiger partial charge in [-0.1, -0.05) is 36.8 Å². The maximum atomic E-state index is 12.4. The van der Waals surface area contributed by atoms with Crippen LogP contribution in [0, 0.1) is 0 Å². The van der Waals surface area contributed by atoms with Crippen molar-refractivity contribution in [3.63, 3.8) is 0 Å². The second-order valence-electron chi connectivity index (χ2n) is 6.75. The van der Waals surface area contributed by atoms with Crippen molar-refractivity contribution >= 4 is 15.9 Å². The Morgan fingerprint density at radius 1 is 1.10 bits per heavy atom. The molecule has 1 aromatic rings. The summed E-state index contributed by atoms with van der Waals surface area (Å²) in [5, 5.41) is 10.5. The van der Waals surface area contributed by atoms with E-state index in [9.17, 15) is 13.5 Å². The molecule has 2 aliphatic heterocycles. The van der Waals surface area contributed by atoms with Gasteiger partial charge in [-0.2, -0.15) is 0 Å². The van der Waals surface area contributed by atoms with Crippen LogP contribution in [0.4, 0.5) is 0 Å². The number of aliphatic hydroxyl groups is 1. The van der Waals surface area contributed by atoms with Gasteiger partial charge in [0.05, 0.1) is 16.1 Å². The van der Waals surface area contributed by atoms with E-state index in [1.54, 1.807) is 0 Å². The monoisotopic (exact) mass is 304 g/mol. The Morgan fingerprint density at radius 3 is 2.43 bits per heavy atom. The third-order valence-electron chi connectivity index (χ3n) is 5.48. The van der Waals surface area contributed by atoms with Crippen molar-refractivity contribution in [2.45, 2.75) is 54.6 Å². The van der Waals surface area contributed by atoms with E-state index >= 15 is 0 Å². The van der Waals surface area contributed by atoms with Crippen molar-refractivity contribution < 1.29 is 13.5 Å². The fourth-order valence-corrected chi connectivity index (χ4v) is 6.84. The van der Waals surface area contributed by atoms with Crippen LogP contribution in [0.1, 0.15) is 43.2 Å². The molecule has 2 unspecified atom stereocenters. The maximum absolute atomic E-state index is 12.4. The molecule has 3 aliphatic rings. The van der Waals surface area contributed by atoms with Gasteiger partial charge in [0, 0.05) is 0 Å². The standard InChI is InChI=1S/C17H20O3S/c18-17(14-8-12-4-1-2-5-13(12)9-14)10-15-6-3-7-16(11-17)21(15,19)20/h1-2,4-5,8,15-16,18H,3,6-7,9-11H2.